The Morgan fingerprint density at radius 2 is 2.14 bits per heavy atom. The summed E-state index contributed by atoms with van der Waals surface area (Å²) in [5.74, 6) is -1.36. The number of rotatable bonds is 7. The Bertz CT molecular complexity index is 906. The lowest BCUT2D eigenvalue weighted by Gasteiger charge is -2.32. The zero-order chi connectivity index (χ0) is 20.8. The molecule has 0 saturated carbocycles. The van der Waals surface area contributed by atoms with Crippen LogP contribution in [0.5, 0.6) is 5.75 Å². The SMILES string of the molecule is COC(=O)C[C@H](c1cccnc1)c1oc(CN2CCN(C=O)CC2)cc(=O)c1O. The molecule has 2 aromatic heterocycles. The number of esters is 1. The van der Waals surface area contributed by atoms with Gasteiger partial charge >= 0.3 is 5.97 Å². The number of hydrogen-bond acceptors (Lipinski definition) is 8. The first kappa shape index (κ1) is 20.5. The monoisotopic (exact) mass is 401 g/mol. The summed E-state index contributed by atoms with van der Waals surface area (Å²) in [6.45, 7) is 2.84. The van der Waals surface area contributed by atoms with Crippen LogP contribution in [0.15, 0.2) is 39.8 Å². The van der Waals surface area contributed by atoms with E-state index < -0.39 is 23.1 Å². The van der Waals surface area contributed by atoms with E-state index in [1.54, 1.807) is 29.4 Å². The van der Waals surface area contributed by atoms with Gasteiger partial charge in [0.25, 0.3) is 0 Å². The average molecular weight is 401 g/mol. The molecule has 0 spiro atoms. The molecule has 154 valence electrons. The maximum absolute atomic E-state index is 12.4. The third-order valence-corrected chi connectivity index (χ3v) is 4.94. The zero-order valence-corrected chi connectivity index (χ0v) is 16.1. The smallest absolute Gasteiger partial charge is 0.306 e. The fraction of sp³-hybridized carbons (Fsp3) is 0.400. The van der Waals surface area contributed by atoms with E-state index in [4.69, 9.17) is 9.15 Å². The van der Waals surface area contributed by atoms with Crippen LogP contribution in [0.25, 0.3) is 0 Å². The second-order valence-electron chi connectivity index (χ2n) is 6.83. The average Bonchev–Trinajstić information content (AvgIpc) is 2.75. The molecular weight excluding hydrogens is 378 g/mol. The highest BCUT2D eigenvalue weighted by molar-refractivity contribution is 5.71. The number of aromatic nitrogens is 1. The van der Waals surface area contributed by atoms with E-state index in [0.29, 0.717) is 44.0 Å². The van der Waals surface area contributed by atoms with Crippen LogP contribution in [-0.2, 0) is 20.9 Å². The summed E-state index contributed by atoms with van der Waals surface area (Å²) >= 11 is 0. The maximum atomic E-state index is 12.4. The van der Waals surface area contributed by atoms with Crippen molar-refractivity contribution in [2.24, 2.45) is 0 Å². The Hall–Kier alpha value is -3.20. The number of hydrogen-bond donors (Lipinski definition) is 1. The van der Waals surface area contributed by atoms with Crippen LogP contribution in [0.2, 0.25) is 0 Å². The van der Waals surface area contributed by atoms with E-state index in [0.717, 1.165) is 6.41 Å². The molecule has 3 heterocycles. The van der Waals surface area contributed by atoms with Gasteiger partial charge < -0.3 is 19.2 Å². The molecule has 0 radical (unpaired) electrons. The van der Waals surface area contributed by atoms with E-state index in [2.05, 4.69) is 9.88 Å². The Kier molecular flexibility index (Phi) is 6.61. The highest BCUT2D eigenvalue weighted by atomic mass is 16.5. The van der Waals surface area contributed by atoms with Crippen molar-refractivity contribution in [1.82, 2.24) is 14.8 Å². The molecule has 1 saturated heterocycles. The molecule has 0 aliphatic carbocycles. The Labute approximate surface area is 167 Å². The normalized spacial score (nSPS) is 15.7. The summed E-state index contributed by atoms with van der Waals surface area (Å²) in [7, 11) is 1.27. The molecule has 0 bridgehead atoms. The summed E-state index contributed by atoms with van der Waals surface area (Å²) in [6.07, 6.45) is 3.85. The summed E-state index contributed by atoms with van der Waals surface area (Å²) in [4.78, 5) is 43.0. The predicted molar refractivity (Wildman–Crippen MR) is 102 cm³/mol. The highest BCUT2D eigenvalue weighted by Crippen LogP contribution is 2.33. The topological polar surface area (TPSA) is 113 Å². The molecule has 9 nitrogen and oxygen atoms in total. The minimum atomic E-state index is -0.712. The van der Waals surface area contributed by atoms with E-state index in [1.165, 1.54) is 13.2 Å². The third-order valence-electron chi connectivity index (χ3n) is 4.94. The quantitative estimate of drug-likeness (QED) is 0.533. The summed E-state index contributed by atoms with van der Waals surface area (Å²) < 4.78 is 10.7. The molecule has 0 aromatic carbocycles. The molecule has 1 amide bonds. The highest BCUT2D eigenvalue weighted by Gasteiger charge is 2.27. The number of amides is 1. The molecule has 9 heteroatoms. The maximum Gasteiger partial charge on any atom is 0.306 e. The molecule has 1 aliphatic rings. The number of carbonyl (C=O) groups excluding carboxylic acids is 2. The molecule has 1 N–H and O–H groups in total. The molecule has 3 rings (SSSR count). The van der Waals surface area contributed by atoms with Gasteiger partial charge in [0.1, 0.15) is 5.76 Å². The van der Waals surface area contributed by atoms with Gasteiger partial charge in [-0.3, -0.25) is 24.3 Å². The number of aromatic hydroxyl groups is 1. The van der Waals surface area contributed by atoms with Crippen molar-refractivity contribution < 1.29 is 23.8 Å². The minimum Gasteiger partial charge on any atom is -0.502 e. The fourth-order valence-electron chi connectivity index (χ4n) is 3.31. The lowest BCUT2D eigenvalue weighted by molar-refractivity contribution is -0.141. The van der Waals surface area contributed by atoms with Gasteiger partial charge in [0.05, 0.1) is 26.0 Å². The van der Waals surface area contributed by atoms with Crippen molar-refractivity contribution >= 4 is 12.4 Å². The Morgan fingerprint density at radius 3 is 2.76 bits per heavy atom. The van der Waals surface area contributed by atoms with Crippen LogP contribution >= 0.6 is 0 Å². The van der Waals surface area contributed by atoms with E-state index in [-0.39, 0.29) is 12.2 Å². The first-order valence-corrected chi connectivity index (χ1v) is 9.26. The number of nitrogens with zero attached hydrogens (tertiary/aromatic N) is 3. The van der Waals surface area contributed by atoms with Gasteiger partial charge in [0, 0.05) is 44.6 Å². The number of ether oxygens (including phenoxy) is 1. The largest absolute Gasteiger partial charge is 0.502 e. The van der Waals surface area contributed by atoms with Crippen LogP contribution in [0.4, 0.5) is 0 Å². The van der Waals surface area contributed by atoms with Crippen LogP contribution in [0, 0.1) is 0 Å². The minimum absolute atomic E-state index is 0.0115. The first-order chi connectivity index (χ1) is 14.0. The predicted octanol–water partition coefficient (Wildman–Crippen LogP) is 0.709. The molecule has 1 fully saturated rings. The van der Waals surface area contributed by atoms with Crippen LogP contribution in [-0.4, -0.2) is 65.6 Å². The number of piperazine rings is 1. The molecule has 1 atom stereocenters. The Morgan fingerprint density at radius 1 is 1.38 bits per heavy atom. The third kappa shape index (κ3) is 5.00. The fourth-order valence-corrected chi connectivity index (χ4v) is 3.31. The van der Waals surface area contributed by atoms with Gasteiger partial charge in [-0.25, -0.2) is 0 Å². The molecule has 2 aromatic rings. The lowest BCUT2D eigenvalue weighted by atomic mass is 9.93. The van der Waals surface area contributed by atoms with Crippen molar-refractivity contribution in [3.63, 3.8) is 0 Å². The second-order valence-corrected chi connectivity index (χ2v) is 6.83. The van der Waals surface area contributed by atoms with Gasteiger partial charge in [-0.1, -0.05) is 6.07 Å². The Balaban J connectivity index is 1.91. The summed E-state index contributed by atoms with van der Waals surface area (Å²) in [6, 6.07) is 4.69. The van der Waals surface area contributed by atoms with Gasteiger partial charge in [-0.15, -0.1) is 0 Å². The molecule has 1 aliphatic heterocycles. The van der Waals surface area contributed by atoms with E-state index >= 15 is 0 Å². The molecule has 29 heavy (non-hydrogen) atoms. The van der Waals surface area contributed by atoms with Crippen molar-refractivity contribution in [3.8, 4) is 5.75 Å². The lowest BCUT2D eigenvalue weighted by Crippen LogP contribution is -2.45. The van der Waals surface area contributed by atoms with Crippen molar-refractivity contribution in [2.75, 3.05) is 33.3 Å². The van der Waals surface area contributed by atoms with Gasteiger partial charge in [-0.05, 0) is 11.6 Å². The molecular formula is C20H23N3O6. The van der Waals surface area contributed by atoms with Crippen LogP contribution in [0.1, 0.15) is 29.4 Å². The summed E-state index contributed by atoms with van der Waals surface area (Å²) in [5.41, 5.74) is 0.0413. The van der Waals surface area contributed by atoms with Crippen molar-refractivity contribution in [1.29, 1.82) is 0 Å². The first-order valence-electron chi connectivity index (χ1n) is 9.26. The zero-order valence-electron chi connectivity index (χ0n) is 16.1. The van der Waals surface area contributed by atoms with E-state index in [1.807, 2.05) is 0 Å². The standard InChI is InChI=1S/C20H23N3O6/c1-28-18(26)10-16(14-3-2-4-21-11-14)20-19(27)17(25)9-15(29-20)12-22-5-7-23(13-24)8-6-22/h2-4,9,11,13,16,27H,5-8,10,12H2,1H3/t16-/m1/s1. The number of pyridine rings is 1. The number of carbonyl (C=O) groups is 2. The van der Waals surface area contributed by atoms with E-state index in [9.17, 15) is 19.5 Å². The summed E-state index contributed by atoms with van der Waals surface area (Å²) in [5, 5.41) is 10.4. The van der Waals surface area contributed by atoms with Gasteiger partial charge in [0.15, 0.2) is 5.76 Å². The van der Waals surface area contributed by atoms with Gasteiger partial charge in [0.2, 0.25) is 17.6 Å². The van der Waals surface area contributed by atoms with Crippen molar-refractivity contribution in [2.45, 2.75) is 18.9 Å². The van der Waals surface area contributed by atoms with Gasteiger partial charge in [-0.2, -0.15) is 0 Å². The second kappa shape index (κ2) is 9.33. The van der Waals surface area contributed by atoms with Crippen LogP contribution in [0.3, 0.4) is 0 Å². The van der Waals surface area contributed by atoms with Crippen LogP contribution < -0.4 is 5.43 Å². The van der Waals surface area contributed by atoms with Crippen molar-refractivity contribution in [3.05, 3.63) is 57.9 Å². The molecule has 0 unspecified atom stereocenters. The number of methoxy groups -OCH3 is 1.